The largest absolute Gasteiger partial charge is 0.416 e. The molecule has 1 N–H and O–H groups in total. The maximum atomic E-state index is 13.2. The van der Waals surface area contributed by atoms with Gasteiger partial charge in [0.2, 0.25) is 0 Å². The van der Waals surface area contributed by atoms with Crippen molar-refractivity contribution in [1.29, 1.82) is 0 Å². The van der Waals surface area contributed by atoms with Crippen molar-refractivity contribution in [2.75, 3.05) is 13.1 Å². The van der Waals surface area contributed by atoms with E-state index in [1.54, 1.807) is 17.2 Å². The molecule has 2 heterocycles. The van der Waals surface area contributed by atoms with Crippen LogP contribution < -0.4 is 5.32 Å². The molecule has 1 unspecified atom stereocenters. The van der Waals surface area contributed by atoms with E-state index in [2.05, 4.69) is 10.3 Å². The van der Waals surface area contributed by atoms with E-state index >= 15 is 0 Å². The van der Waals surface area contributed by atoms with E-state index in [0.717, 1.165) is 50.2 Å². The van der Waals surface area contributed by atoms with Crippen LogP contribution in [-0.4, -0.2) is 34.9 Å². The van der Waals surface area contributed by atoms with Crippen molar-refractivity contribution in [2.24, 2.45) is 0 Å². The molecule has 0 spiro atoms. The fourth-order valence-corrected chi connectivity index (χ4v) is 3.34. The number of rotatable bonds is 4. The lowest BCUT2D eigenvalue weighted by Crippen LogP contribution is -2.40. The van der Waals surface area contributed by atoms with Crippen LogP contribution in [0.5, 0.6) is 0 Å². The van der Waals surface area contributed by atoms with E-state index in [9.17, 15) is 18.0 Å². The zero-order chi connectivity index (χ0) is 19.3. The monoisotopic (exact) mass is 377 g/mol. The van der Waals surface area contributed by atoms with Gasteiger partial charge in [0.15, 0.2) is 0 Å². The Morgan fingerprint density at radius 3 is 2.74 bits per heavy atom. The minimum absolute atomic E-state index is 0.0379. The average molecular weight is 377 g/mol. The number of carbonyl (C=O) groups excluding carboxylic acids is 1. The molecule has 0 saturated carbocycles. The summed E-state index contributed by atoms with van der Waals surface area (Å²) in [4.78, 5) is 19.1. The average Bonchev–Trinajstić information content (AvgIpc) is 2.95. The molecule has 2 aromatic rings. The summed E-state index contributed by atoms with van der Waals surface area (Å²) in [7, 11) is 0. The molecule has 7 heteroatoms. The van der Waals surface area contributed by atoms with Gasteiger partial charge in [-0.25, -0.2) is 0 Å². The second kappa shape index (κ2) is 8.52. The highest BCUT2D eigenvalue weighted by atomic mass is 19.4. The van der Waals surface area contributed by atoms with Gasteiger partial charge in [0.1, 0.15) is 0 Å². The molecule has 1 fully saturated rings. The Morgan fingerprint density at radius 1 is 1.15 bits per heavy atom. The number of hydrogen-bond acceptors (Lipinski definition) is 3. The van der Waals surface area contributed by atoms with Crippen LogP contribution in [0.25, 0.3) is 0 Å². The van der Waals surface area contributed by atoms with Crippen molar-refractivity contribution in [3.8, 4) is 0 Å². The van der Waals surface area contributed by atoms with E-state index in [1.165, 1.54) is 12.1 Å². The van der Waals surface area contributed by atoms with Gasteiger partial charge in [-0.1, -0.05) is 12.1 Å². The first-order valence-electron chi connectivity index (χ1n) is 9.04. The van der Waals surface area contributed by atoms with Crippen LogP contribution in [0.2, 0.25) is 0 Å². The summed E-state index contributed by atoms with van der Waals surface area (Å²) in [6, 6.07) is 10.0. The van der Waals surface area contributed by atoms with Crippen LogP contribution in [0.15, 0.2) is 48.7 Å². The predicted octanol–water partition coefficient (Wildman–Crippen LogP) is 3.88. The lowest BCUT2D eigenvalue weighted by molar-refractivity contribution is -0.137. The van der Waals surface area contributed by atoms with Crippen LogP contribution in [0.4, 0.5) is 13.2 Å². The molecule has 0 radical (unpaired) electrons. The minimum atomic E-state index is -4.48. The van der Waals surface area contributed by atoms with Gasteiger partial charge >= 0.3 is 6.18 Å². The molecule has 1 amide bonds. The molecule has 4 nitrogen and oxygen atoms in total. The summed E-state index contributed by atoms with van der Waals surface area (Å²) in [5.41, 5.74) is -0.0401. The van der Waals surface area contributed by atoms with Crippen LogP contribution in [-0.2, 0) is 12.7 Å². The van der Waals surface area contributed by atoms with Crippen LogP contribution in [0.1, 0.15) is 40.9 Å². The van der Waals surface area contributed by atoms with Crippen LogP contribution in [0, 0.1) is 0 Å². The van der Waals surface area contributed by atoms with E-state index < -0.39 is 17.6 Å². The molecule has 27 heavy (non-hydrogen) atoms. The Labute approximate surface area is 156 Å². The zero-order valence-corrected chi connectivity index (χ0v) is 14.9. The number of halogens is 3. The third-order valence-electron chi connectivity index (χ3n) is 4.74. The summed E-state index contributed by atoms with van der Waals surface area (Å²) >= 11 is 0. The Hall–Kier alpha value is -2.41. The highest BCUT2D eigenvalue weighted by molar-refractivity contribution is 5.94. The van der Waals surface area contributed by atoms with Gasteiger partial charge in [-0.2, -0.15) is 13.2 Å². The molecule has 1 aliphatic heterocycles. The number of carbonyl (C=O) groups is 1. The smallest absolute Gasteiger partial charge is 0.330 e. The van der Waals surface area contributed by atoms with Crippen LogP contribution in [0.3, 0.4) is 0 Å². The molecule has 1 atom stereocenters. The lowest BCUT2D eigenvalue weighted by atomic mass is 10.0. The molecule has 0 aliphatic carbocycles. The summed E-state index contributed by atoms with van der Waals surface area (Å²) in [6.45, 7) is 1.94. The van der Waals surface area contributed by atoms with Crippen LogP contribution >= 0.6 is 0 Å². The van der Waals surface area contributed by atoms with E-state index in [4.69, 9.17) is 0 Å². The van der Waals surface area contributed by atoms with Crippen molar-refractivity contribution >= 4 is 5.91 Å². The molecule has 1 saturated heterocycles. The summed E-state index contributed by atoms with van der Waals surface area (Å²) < 4.78 is 39.1. The Kier molecular flexibility index (Phi) is 6.11. The standard InChI is InChI=1S/C20H22F3N3O/c21-20(22,23)16-6-3-5-15(13-16)19(27)26(14-17-7-1-2-11-25-17)18-8-4-10-24-12-9-18/h1-3,5-7,11,13,18,24H,4,8-10,12,14H2. The Morgan fingerprint density at radius 2 is 2.00 bits per heavy atom. The number of nitrogens with zero attached hydrogens (tertiary/aromatic N) is 2. The SMILES string of the molecule is O=C(c1cccc(C(F)(F)F)c1)N(Cc1ccccn1)C1CCCNCC1. The molecule has 144 valence electrons. The van der Waals surface area contributed by atoms with Crippen molar-refractivity contribution in [2.45, 2.75) is 38.0 Å². The topological polar surface area (TPSA) is 45.2 Å². The van der Waals surface area contributed by atoms with E-state index in [0.29, 0.717) is 0 Å². The first-order chi connectivity index (χ1) is 12.9. The normalized spacial score (nSPS) is 18.0. The number of alkyl halides is 3. The first-order valence-corrected chi connectivity index (χ1v) is 9.04. The van der Waals surface area contributed by atoms with Gasteiger partial charge in [-0.05, 0) is 62.7 Å². The van der Waals surface area contributed by atoms with Gasteiger partial charge in [0.25, 0.3) is 5.91 Å². The molecular weight excluding hydrogens is 355 g/mol. The molecule has 1 aromatic carbocycles. The number of nitrogens with one attached hydrogen (secondary N) is 1. The molecule has 1 aromatic heterocycles. The fraction of sp³-hybridized carbons (Fsp3) is 0.400. The highest BCUT2D eigenvalue weighted by Crippen LogP contribution is 2.30. The highest BCUT2D eigenvalue weighted by Gasteiger charge is 2.32. The van der Waals surface area contributed by atoms with Gasteiger partial charge in [0.05, 0.1) is 17.8 Å². The van der Waals surface area contributed by atoms with Gasteiger partial charge in [0, 0.05) is 17.8 Å². The molecule has 0 bridgehead atoms. The number of benzene rings is 1. The maximum Gasteiger partial charge on any atom is 0.416 e. The van der Waals surface area contributed by atoms with Crippen molar-refractivity contribution in [3.63, 3.8) is 0 Å². The van der Waals surface area contributed by atoms with Crippen molar-refractivity contribution in [3.05, 3.63) is 65.5 Å². The summed E-state index contributed by atoms with van der Waals surface area (Å²) in [5.74, 6) is -0.390. The van der Waals surface area contributed by atoms with Crippen molar-refractivity contribution < 1.29 is 18.0 Å². The van der Waals surface area contributed by atoms with Crippen molar-refractivity contribution in [1.82, 2.24) is 15.2 Å². The lowest BCUT2D eigenvalue weighted by Gasteiger charge is -2.31. The summed E-state index contributed by atoms with van der Waals surface area (Å²) in [6.07, 6.45) is -0.341. The van der Waals surface area contributed by atoms with E-state index in [1.807, 2.05) is 12.1 Å². The number of amides is 1. The zero-order valence-electron chi connectivity index (χ0n) is 14.9. The van der Waals surface area contributed by atoms with E-state index in [-0.39, 0.29) is 18.2 Å². The third kappa shape index (κ3) is 5.07. The quantitative estimate of drug-likeness (QED) is 0.879. The first kappa shape index (κ1) is 19.4. The number of pyridine rings is 1. The fourth-order valence-electron chi connectivity index (χ4n) is 3.34. The Balaban J connectivity index is 1.90. The van der Waals surface area contributed by atoms with Gasteiger partial charge in [-0.3, -0.25) is 9.78 Å². The number of hydrogen-bond donors (Lipinski definition) is 1. The Bertz CT molecular complexity index is 757. The summed E-state index contributed by atoms with van der Waals surface area (Å²) in [5, 5.41) is 3.30. The molecule has 3 rings (SSSR count). The second-order valence-electron chi connectivity index (χ2n) is 6.67. The molecule has 1 aliphatic rings. The third-order valence-corrected chi connectivity index (χ3v) is 4.74. The minimum Gasteiger partial charge on any atom is -0.330 e. The number of aromatic nitrogens is 1. The maximum absolute atomic E-state index is 13.2. The second-order valence-corrected chi connectivity index (χ2v) is 6.67. The van der Waals surface area contributed by atoms with Gasteiger partial charge in [-0.15, -0.1) is 0 Å². The van der Waals surface area contributed by atoms with Gasteiger partial charge < -0.3 is 10.2 Å². The molecular formula is C20H22F3N3O. The predicted molar refractivity (Wildman–Crippen MR) is 96.1 cm³/mol.